The maximum absolute atomic E-state index is 14.1. The van der Waals surface area contributed by atoms with Gasteiger partial charge in [-0.3, -0.25) is 14.7 Å². The van der Waals surface area contributed by atoms with Crippen molar-refractivity contribution in [3.63, 3.8) is 0 Å². The highest BCUT2D eigenvalue weighted by molar-refractivity contribution is 5.93. The second kappa shape index (κ2) is 11.1. The summed E-state index contributed by atoms with van der Waals surface area (Å²) in [6, 6.07) is 13.4. The molecule has 40 heavy (non-hydrogen) atoms. The van der Waals surface area contributed by atoms with Crippen LogP contribution < -0.4 is 10.6 Å². The molecular weight excluding hydrogens is 543 g/mol. The van der Waals surface area contributed by atoms with Crippen LogP contribution in [0.1, 0.15) is 27.2 Å². The first-order chi connectivity index (χ1) is 18.6. The molecule has 8 nitrogen and oxygen atoms in total. The molecule has 204 valence electrons. The zero-order valence-electron chi connectivity index (χ0n) is 21.3. The van der Waals surface area contributed by atoms with Crippen LogP contribution >= 0.6 is 12.4 Å². The first kappa shape index (κ1) is 28.2. The van der Waals surface area contributed by atoms with Crippen LogP contribution in [0.2, 0.25) is 0 Å². The monoisotopic (exact) mass is 565 g/mol. The van der Waals surface area contributed by atoms with Crippen molar-refractivity contribution in [1.82, 2.24) is 24.5 Å². The molecule has 12 heteroatoms. The molecule has 2 N–H and O–H groups in total. The SMILES string of the molecule is Cc1cn(-c2cc(N(c3ccc(C(N)=O)cc3)c3ncc(C)c(-c4cccnc4)n3)cc(C(F)(F)F)c2)cn1.Cl. The van der Waals surface area contributed by atoms with Gasteiger partial charge in [-0.2, -0.15) is 13.2 Å². The van der Waals surface area contributed by atoms with E-state index in [1.807, 2.05) is 13.0 Å². The van der Waals surface area contributed by atoms with Gasteiger partial charge in [-0.1, -0.05) is 0 Å². The maximum atomic E-state index is 14.1. The van der Waals surface area contributed by atoms with Crippen LogP contribution in [0.3, 0.4) is 0 Å². The fourth-order valence-electron chi connectivity index (χ4n) is 4.09. The number of hydrogen-bond donors (Lipinski definition) is 1. The molecule has 0 aliphatic heterocycles. The van der Waals surface area contributed by atoms with Crippen LogP contribution in [0.15, 0.2) is 85.7 Å². The first-order valence-electron chi connectivity index (χ1n) is 11.8. The zero-order valence-corrected chi connectivity index (χ0v) is 22.1. The van der Waals surface area contributed by atoms with E-state index in [9.17, 15) is 18.0 Å². The number of hydrogen-bond acceptors (Lipinski definition) is 6. The van der Waals surface area contributed by atoms with Crippen molar-refractivity contribution >= 4 is 35.6 Å². The minimum Gasteiger partial charge on any atom is -0.366 e. The summed E-state index contributed by atoms with van der Waals surface area (Å²) in [4.78, 5) is 30.7. The number of pyridine rings is 1. The van der Waals surface area contributed by atoms with Gasteiger partial charge in [0.2, 0.25) is 11.9 Å². The van der Waals surface area contributed by atoms with Crippen LogP contribution in [0, 0.1) is 13.8 Å². The lowest BCUT2D eigenvalue weighted by molar-refractivity contribution is -0.137. The van der Waals surface area contributed by atoms with E-state index in [1.54, 1.807) is 56.0 Å². The van der Waals surface area contributed by atoms with Crippen LogP contribution in [0.25, 0.3) is 16.9 Å². The third-order valence-corrected chi connectivity index (χ3v) is 6.00. The highest BCUT2D eigenvalue weighted by atomic mass is 35.5. The number of nitrogens with two attached hydrogens (primary N) is 1. The molecule has 0 spiro atoms. The highest BCUT2D eigenvalue weighted by Crippen LogP contribution is 2.39. The number of anilines is 3. The second-order valence-corrected chi connectivity index (χ2v) is 8.85. The van der Waals surface area contributed by atoms with Gasteiger partial charge in [0.25, 0.3) is 0 Å². The predicted octanol–water partition coefficient (Wildman–Crippen LogP) is 6.35. The summed E-state index contributed by atoms with van der Waals surface area (Å²) >= 11 is 0. The molecule has 0 saturated heterocycles. The highest BCUT2D eigenvalue weighted by Gasteiger charge is 2.32. The van der Waals surface area contributed by atoms with E-state index in [0.717, 1.165) is 23.3 Å². The smallest absolute Gasteiger partial charge is 0.366 e. The number of alkyl halides is 3. The standard InChI is InChI=1S/C28H22F3N7O.ClH/c1-17-13-34-27(36-25(17)20-4-3-9-33-14-20)38(22-7-5-19(6-8-22)26(32)39)24-11-21(28(29,30)31)10-23(12-24)37-15-18(2)35-16-37;/h3-16H,1-2H3,(H2,32,39);1H. The lowest BCUT2D eigenvalue weighted by Crippen LogP contribution is -2.17. The normalized spacial score (nSPS) is 11.1. The topological polar surface area (TPSA) is 103 Å². The number of aromatic nitrogens is 5. The van der Waals surface area contributed by atoms with Gasteiger partial charge in [-0.05, 0) is 74.0 Å². The summed E-state index contributed by atoms with van der Waals surface area (Å²) in [5.74, 6) is -0.506. The van der Waals surface area contributed by atoms with Crippen LogP contribution in [0.4, 0.5) is 30.5 Å². The molecule has 1 amide bonds. The maximum Gasteiger partial charge on any atom is 0.416 e. The Morgan fingerprint density at radius 3 is 2.33 bits per heavy atom. The van der Waals surface area contributed by atoms with Gasteiger partial charge in [0.15, 0.2) is 0 Å². The van der Waals surface area contributed by atoms with Gasteiger partial charge in [0.05, 0.1) is 29.0 Å². The summed E-state index contributed by atoms with van der Waals surface area (Å²) in [6.07, 6.45) is 3.34. The lowest BCUT2D eigenvalue weighted by Gasteiger charge is -2.25. The first-order valence-corrected chi connectivity index (χ1v) is 11.8. The summed E-state index contributed by atoms with van der Waals surface area (Å²) in [7, 11) is 0. The van der Waals surface area contributed by atoms with Crippen molar-refractivity contribution < 1.29 is 18.0 Å². The molecule has 5 aromatic rings. The quantitative estimate of drug-likeness (QED) is 0.257. The van der Waals surface area contributed by atoms with Crippen molar-refractivity contribution in [2.75, 3.05) is 4.90 Å². The van der Waals surface area contributed by atoms with E-state index in [-0.39, 0.29) is 35.3 Å². The Bertz CT molecular complexity index is 1660. The minimum atomic E-state index is -4.63. The summed E-state index contributed by atoms with van der Waals surface area (Å²) in [5.41, 5.74) is 8.32. The van der Waals surface area contributed by atoms with Crippen LogP contribution in [0.5, 0.6) is 0 Å². The van der Waals surface area contributed by atoms with Crippen molar-refractivity contribution in [2.24, 2.45) is 5.73 Å². The molecule has 0 fully saturated rings. The molecule has 2 aromatic carbocycles. The third-order valence-electron chi connectivity index (χ3n) is 6.00. The van der Waals surface area contributed by atoms with Gasteiger partial charge in [-0.25, -0.2) is 15.0 Å². The number of primary amides is 1. The number of aryl methyl sites for hydroxylation is 2. The van der Waals surface area contributed by atoms with Crippen molar-refractivity contribution in [3.8, 4) is 16.9 Å². The molecular formula is C28H23ClF3N7O. The Hall–Kier alpha value is -4.77. The Morgan fingerprint density at radius 2 is 1.73 bits per heavy atom. The zero-order chi connectivity index (χ0) is 27.7. The summed E-state index contributed by atoms with van der Waals surface area (Å²) in [6.45, 7) is 3.58. The van der Waals surface area contributed by atoms with Gasteiger partial charge < -0.3 is 10.3 Å². The number of imidazole rings is 1. The third kappa shape index (κ3) is 5.79. The van der Waals surface area contributed by atoms with Crippen LogP contribution in [-0.2, 0) is 6.18 Å². The summed E-state index contributed by atoms with van der Waals surface area (Å²) in [5, 5.41) is 0. The fraction of sp³-hybridized carbons (Fsp3) is 0.107. The van der Waals surface area contributed by atoms with E-state index in [2.05, 4.69) is 15.0 Å². The number of carbonyl (C=O) groups excluding carboxylic acids is 1. The van der Waals surface area contributed by atoms with Gasteiger partial charge in [0, 0.05) is 47.3 Å². The molecule has 0 bridgehead atoms. The van der Waals surface area contributed by atoms with Crippen molar-refractivity contribution in [2.45, 2.75) is 20.0 Å². The molecule has 0 aliphatic carbocycles. The number of carbonyl (C=O) groups is 1. The summed E-state index contributed by atoms with van der Waals surface area (Å²) < 4.78 is 43.8. The molecule has 3 heterocycles. The average molecular weight is 566 g/mol. The number of benzene rings is 2. The minimum absolute atomic E-state index is 0. The number of nitrogens with zero attached hydrogens (tertiary/aromatic N) is 6. The molecule has 3 aromatic heterocycles. The van der Waals surface area contributed by atoms with E-state index < -0.39 is 17.6 Å². The number of amides is 1. The average Bonchev–Trinajstić information content (AvgIpc) is 3.36. The van der Waals surface area contributed by atoms with E-state index in [4.69, 9.17) is 10.7 Å². The number of halogens is 4. The molecule has 0 saturated carbocycles. The Morgan fingerprint density at radius 1 is 0.975 bits per heavy atom. The number of rotatable bonds is 6. The Kier molecular flexibility index (Phi) is 7.87. The van der Waals surface area contributed by atoms with E-state index in [0.29, 0.717) is 17.1 Å². The predicted molar refractivity (Wildman–Crippen MR) is 147 cm³/mol. The van der Waals surface area contributed by atoms with Gasteiger partial charge >= 0.3 is 6.18 Å². The van der Waals surface area contributed by atoms with Gasteiger partial charge in [-0.15, -0.1) is 12.4 Å². The van der Waals surface area contributed by atoms with Gasteiger partial charge in [0.1, 0.15) is 0 Å². The Labute approximate surface area is 233 Å². The Balaban J connectivity index is 0.00000370. The molecule has 0 aliphatic rings. The molecule has 0 unspecified atom stereocenters. The second-order valence-electron chi connectivity index (χ2n) is 8.85. The van der Waals surface area contributed by atoms with Crippen molar-refractivity contribution in [3.05, 3.63) is 108 Å². The van der Waals surface area contributed by atoms with E-state index in [1.165, 1.54) is 27.9 Å². The lowest BCUT2D eigenvalue weighted by atomic mass is 10.1. The molecule has 0 atom stereocenters. The van der Waals surface area contributed by atoms with Crippen molar-refractivity contribution in [1.29, 1.82) is 0 Å². The van der Waals surface area contributed by atoms with E-state index >= 15 is 0 Å². The fourth-order valence-corrected chi connectivity index (χ4v) is 4.09. The molecule has 0 radical (unpaired) electrons. The molecule has 5 rings (SSSR count). The largest absolute Gasteiger partial charge is 0.416 e. The van der Waals surface area contributed by atoms with Crippen LogP contribution in [-0.4, -0.2) is 30.4 Å².